The smallest absolute Gasteiger partial charge is 0.329 e. The van der Waals surface area contributed by atoms with Crippen LogP contribution < -0.4 is 5.32 Å². The number of carbonyl (C=O) groups excluding carboxylic acids is 1. The summed E-state index contributed by atoms with van der Waals surface area (Å²) in [4.78, 5) is 22.6. The maximum absolute atomic E-state index is 11.7. The fourth-order valence-corrected chi connectivity index (χ4v) is 1.41. The lowest BCUT2D eigenvalue weighted by molar-refractivity contribution is -0.147. The van der Waals surface area contributed by atoms with E-state index in [0.717, 1.165) is 0 Å². The molecule has 2 N–H and O–H groups in total. The van der Waals surface area contributed by atoms with E-state index in [1.165, 1.54) is 6.92 Å². The average molecular weight is 215 g/mol. The number of carbonyl (C=O) groups is 2. The lowest BCUT2D eigenvalue weighted by Crippen LogP contribution is -2.53. The number of nitrogens with one attached hydrogen (secondary N) is 1. The summed E-state index contributed by atoms with van der Waals surface area (Å²) in [7, 11) is 0. The van der Waals surface area contributed by atoms with Crippen molar-refractivity contribution in [2.75, 3.05) is 13.2 Å². The molecule has 5 nitrogen and oxygen atoms in total. The predicted molar refractivity (Wildman–Crippen MR) is 53.4 cm³/mol. The van der Waals surface area contributed by atoms with Crippen LogP contribution >= 0.6 is 0 Å². The molecule has 0 aromatic carbocycles. The van der Waals surface area contributed by atoms with E-state index in [1.54, 1.807) is 6.92 Å². The van der Waals surface area contributed by atoms with E-state index in [1.807, 2.05) is 0 Å². The SMILES string of the molecule is CCC(C)(NC(=O)C1CCOC1)C(=O)O. The highest BCUT2D eigenvalue weighted by Crippen LogP contribution is 2.16. The van der Waals surface area contributed by atoms with E-state index >= 15 is 0 Å². The third-order valence-electron chi connectivity index (χ3n) is 2.88. The van der Waals surface area contributed by atoms with Gasteiger partial charge in [-0.15, -0.1) is 0 Å². The first-order chi connectivity index (χ1) is 6.99. The fourth-order valence-electron chi connectivity index (χ4n) is 1.41. The van der Waals surface area contributed by atoms with Gasteiger partial charge >= 0.3 is 5.97 Å². The first-order valence-corrected chi connectivity index (χ1v) is 5.13. The van der Waals surface area contributed by atoms with Gasteiger partial charge in [-0.1, -0.05) is 6.92 Å². The Hall–Kier alpha value is -1.10. The topological polar surface area (TPSA) is 75.6 Å². The summed E-state index contributed by atoms with van der Waals surface area (Å²) in [5.74, 6) is -1.42. The molecule has 1 rings (SSSR count). The van der Waals surface area contributed by atoms with Crippen molar-refractivity contribution in [1.29, 1.82) is 0 Å². The number of rotatable bonds is 4. The molecule has 1 heterocycles. The van der Waals surface area contributed by atoms with Gasteiger partial charge in [0.25, 0.3) is 0 Å². The van der Waals surface area contributed by atoms with Crippen LogP contribution in [0.25, 0.3) is 0 Å². The van der Waals surface area contributed by atoms with Crippen LogP contribution in [0.2, 0.25) is 0 Å². The van der Waals surface area contributed by atoms with Crippen molar-refractivity contribution in [1.82, 2.24) is 5.32 Å². The summed E-state index contributed by atoms with van der Waals surface area (Å²) >= 11 is 0. The van der Waals surface area contributed by atoms with E-state index in [-0.39, 0.29) is 11.8 Å². The Morgan fingerprint density at radius 1 is 1.60 bits per heavy atom. The lowest BCUT2D eigenvalue weighted by atomic mass is 9.97. The second kappa shape index (κ2) is 4.61. The standard InChI is InChI=1S/C10H17NO4/c1-3-10(2,9(13)14)11-8(12)7-4-5-15-6-7/h7H,3-6H2,1-2H3,(H,11,12)(H,13,14). The van der Waals surface area contributed by atoms with E-state index < -0.39 is 11.5 Å². The fraction of sp³-hybridized carbons (Fsp3) is 0.800. The van der Waals surface area contributed by atoms with Gasteiger partial charge in [0.05, 0.1) is 12.5 Å². The van der Waals surface area contributed by atoms with Gasteiger partial charge in [-0.2, -0.15) is 0 Å². The van der Waals surface area contributed by atoms with E-state index in [0.29, 0.717) is 26.1 Å². The predicted octanol–water partition coefficient (Wildman–Crippen LogP) is 0.392. The summed E-state index contributed by atoms with van der Waals surface area (Å²) in [5.41, 5.74) is -1.17. The molecular formula is C10H17NO4. The minimum absolute atomic E-state index is 0.199. The van der Waals surface area contributed by atoms with Crippen LogP contribution in [-0.2, 0) is 14.3 Å². The maximum Gasteiger partial charge on any atom is 0.329 e. The minimum Gasteiger partial charge on any atom is -0.480 e. The number of carboxylic acids is 1. The van der Waals surface area contributed by atoms with Gasteiger partial charge in [0, 0.05) is 6.61 Å². The number of hydrogen-bond donors (Lipinski definition) is 2. The second-order valence-electron chi connectivity index (χ2n) is 4.04. The highest BCUT2D eigenvalue weighted by atomic mass is 16.5. The molecule has 0 aromatic heterocycles. The Morgan fingerprint density at radius 3 is 2.67 bits per heavy atom. The zero-order chi connectivity index (χ0) is 11.5. The molecule has 0 bridgehead atoms. The molecule has 1 amide bonds. The molecular weight excluding hydrogens is 198 g/mol. The molecule has 0 aromatic rings. The number of ether oxygens (including phenoxy) is 1. The second-order valence-corrected chi connectivity index (χ2v) is 4.04. The Balaban J connectivity index is 2.58. The van der Waals surface area contributed by atoms with Crippen molar-refractivity contribution in [3.63, 3.8) is 0 Å². The van der Waals surface area contributed by atoms with Gasteiger partial charge in [0.15, 0.2) is 0 Å². The molecule has 5 heteroatoms. The molecule has 0 spiro atoms. The van der Waals surface area contributed by atoms with Crippen molar-refractivity contribution in [2.24, 2.45) is 5.92 Å². The molecule has 2 atom stereocenters. The minimum atomic E-state index is -1.17. The zero-order valence-corrected chi connectivity index (χ0v) is 9.08. The zero-order valence-electron chi connectivity index (χ0n) is 9.08. The summed E-state index contributed by atoms with van der Waals surface area (Å²) < 4.78 is 5.08. The summed E-state index contributed by atoms with van der Waals surface area (Å²) in [5, 5.41) is 11.5. The number of amides is 1. The van der Waals surface area contributed by atoms with Crippen LogP contribution in [0.15, 0.2) is 0 Å². The first-order valence-electron chi connectivity index (χ1n) is 5.13. The van der Waals surface area contributed by atoms with Crippen LogP contribution in [0.3, 0.4) is 0 Å². The molecule has 0 radical (unpaired) electrons. The quantitative estimate of drug-likeness (QED) is 0.711. The van der Waals surface area contributed by atoms with Crippen molar-refractivity contribution in [3.05, 3.63) is 0 Å². The van der Waals surface area contributed by atoms with Crippen molar-refractivity contribution >= 4 is 11.9 Å². The number of carboxylic acid groups (broad SMARTS) is 1. The van der Waals surface area contributed by atoms with Crippen molar-refractivity contribution < 1.29 is 19.4 Å². The van der Waals surface area contributed by atoms with Crippen LogP contribution in [-0.4, -0.2) is 35.7 Å². The monoisotopic (exact) mass is 215 g/mol. The summed E-state index contributed by atoms with van der Waals surface area (Å²) in [6, 6.07) is 0. The van der Waals surface area contributed by atoms with Crippen LogP contribution in [0.4, 0.5) is 0 Å². The molecule has 15 heavy (non-hydrogen) atoms. The van der Waals surface area contributed by atoms with E-state index in [9.17, 15) is 9.59 Å². The van der Waals surface area contributed by atoms with Crippen LogP contribution in [0.5, 0.6) is 0 Å². The molecule has 1 aliphatic heterocycles. The molecule has 1 fully saturated rings. The van der Waals surface area contributed by atoms with Crippen molar-refractivity contribution in [2.45, 2.75) is 32.2 Å². The third kappa shape index (κ3) is 2.68. The Morgan fingerprint density at radius 2 is 2.27 bits per heavy atom. The van der Waals surface area contributed by atoms with Crippen molar-refractivity contribution in [3.8, 4) is 0 Å². The maximum atomic E-state index is 11.7. The average Bonchev–Trinajstić information content (AvgIpc) is 2.70. The number of aliphatic carboxylic acids is 1. The highest BCUT2D eigenvalue weighted by molar-refractivity contribution is 5.87. The summed E-state index contributed by atoms with van der Waals surface area (Å²) in [6.45, 7) is 4.22. The Bertz CT molecular complexity index is 260. The van der Waals surface area contributed by atoms with Gasteiger partial charge in [0.2, 0.25) is 5.91 Å². The summed E-state index contributed by atoms with van der Waals surface area (Å²) in [6.07, 6.45) is 1.03. The highest BCUT2D eigenvalue weighted by Gasteiger charge is 2.35. The van der Waals surface area contributed by atoms with Gasteiger partial charge in [0.1, 0.15) is 5.54 Å². The van der Waals surface area contributed by atoms with Gasteiger partial charge in [-0.3, -0.25) is 4.79 Å². The molecule has 86 valence electrons. The molecule has 1 aliphatic rings. The Kier molecular flexibility index (Phi) is 3.68. The third-order valence-corrected chi connectivity index (χ3v) is 2.88. The van der Waals surface area contributed by atoms with Gasteiger partial charge < -0.3 is 15.2 Å². The normalized spacial score (nSPS) is 24.5. The van der Waals surface area contributed by atoms with Gasteiger partial charge in [-0.05, 0) is 19.8 Å². The Labute approximate surface area is 88.8 Å². The molecule has 0 saturated carbocycles. The van der Waals surface area contributed by atoms with E-state index in [4.69, 9.17) is 9.84 Å². The van der Waals surface area contributed by atoms with Gasteiger partial charge in [-0.25, -0.2) is 4.79 Å². The number of hydrogen-bond acceptors (Lipinski definition) is 3. The van der Waals surface area contributed by atoms with E-state index in [2.05, 4.69) is 5.32 Å². The van der Waals surface area contributed by atoms with Crippen LogP contribution in [0, 0.1) is 5.92 Å². The first kappa shape index (κ1) is 12.0. The molecule has 0 aliphatic carbocycles. The largest absolute Gasteiger partial charge is 0.480 e. The lowest BCUT2D eigenvalue weighted by Gasteiger charge is -2.25. The molecule has 2 unspecified atom stereocenters. The molecule has 1 saturated heterocycles. The van der Waals surface area contributed by atoms with Crippen LogP contribution in [0.1, 0.15) is 26.7 Å².